The van der Waals surface area contributed by atoms with E-state index >= 15 is 0 Å². The van der Waals surface area contributed by atoms with Crippen molar-refractivity contribution in [3.05, 3.63) is 344 Å². The van der Waals surface area contributed by atoms with Crippen molar-refractivity contribution in [1.29, 1.82) is 0 Å². The smallest absolute Gasteiger partial charge is 0.457 e. The third-order valence-corrected chi connectivity index (χ3v) is 24.1. The van der Waals surface area contributed by atoms with Gasteiger partial charge < -0.3 is 86.5 Å². The van der Waals surface area contributed by atoms with Crippen LogP contribution in [0.3, 0.4) is 0 Å². The summed E-state index contributed by atoms with van der Waals surface area (Å²) in [5.41, 5.74) is 23.3. The fourth-order valence-corrected chi connectivity index (χ4v) is 16.8. The molecule has 0 saturated heterocycles. The number of halogens is 6. The second-order valence-electron chi connectivity index (χ2n) is 31.5. The molecule has 0 aromatic heterocycles. The van der Waals surface area contributed by atoms with E-state index in [4.69, 9.17) is 165 Å². The van der Waals surface area contributed by atoms with Crippen LogP contribution in [0.4, 0.5) is 34.1 Å². The predicted molar refractivity (Wildman–Crippen MR) is 523 cm³/mol. The average Bonchev–Trinajstić information content (AvgIpc) is 1.20. The van der Waals surface area contributed by atoms with Crippen molar-refractivity contribution in [1.82, 2.24) is 0 Å². The van der Waals surface area contributed by atoms with E-state index in [0.717, 1.165) is 133 Å². The zero-order chi connectivity index (χ0) is 95.1. The minimum atomic E-state index is -0.869. The van der Waals surface area contributed by atoms with Gasteiger partial charge in [0, 0.05) is 0 Å². The van der Waals surface area contributed by atoms with Crippen LogP contribution in [0.15, 0.2) is 146 Å². The third-order valence-electron chi connectivity index (χ3n) is 22.3. The van der Waals surface area contributed by atoms with Crippen molar-refractivity contribution in [3.8, 4) is 69.0 Å². The zero-order valence-electron chi connectivity index (χ0n) is 73.1. The molecule has 0 fully saturated rings. The zero-order valence-corrected chi connectivity index (χ0v) is 77.6. The van der Waals surface area contributed by atoms with Gasteiger partial charge in [-0.05, 0) is 337 Å². The highest BCUT2D eigenvalue weighted by Crippen LogP contribution is 2.44. The molecule has 12 aromatic carbocycles. The summed E-state index contributed by atoms with van der Waals surface area (Å²) in [7, 11) is -5.20. The monoisotopic (exact) mass is 1890 g/mol. The van der Waals surface area contributed by atoms with Crippen molar-refractivity contribution in [2.24, 2.45) is 0 Å². The van der Waals surface area contributed by atoms with Gasteiger partial charge >= 0.3 is 42.7 Å². The highest BCUT2D eigenvalue weighted by Gasteiger charge is 2.36. The highest BCUT2D eigenvalue weighted by molar-refractivity contribution is 6.64. The summed E-state index contributed by atoms with van der Waals surface area (Å²) in [6.07, 6.45) is 0. The number of benzene rings is 12. The Balaban J connectivity index is 0.000000144. The number of ether oxygens (including phenoxy) is 6. The van der Waals surface area contributed by atoms with Crippen LogP contribution < -0.4 is 61.2 Å². The highest BCUT2D eigenvalue weighted by atomic mass is 35.5. The Morgan fingerprint density at radius 1 is 0.256 bits per heavy atom. The number of hydrogen-bond acceptors (Lipinski definition) is 18. The lowest BCUT2D eigenvalue weighted by molar-refractivity contribution is 0.274. The molecule has 0 unspecified atom stereocenters. The van der Waals surface area contributed by atoms with Crippen LogP contribution in [-0.4, -0.2) is 72.9 Å². The van der Waals surface area contributed by atoms with Crippen molar-refractivity contribution < 1.29 is 86.5 Å². The van der Waals surface area contributed by atoms with Crippen molar-refractivity contribution in [3.63, 3.8) is 0 Å². The molecule has 0 spiro atoms. The molecule has 12 aromatic rings. The van der Waals surface area contributed by atoms with Crippen LogP contribution >= 0.6 is 69.6 Å². The molecule has 6 heterocycles. The molecule has 0 aliphatic carbocycles. The van der Waals surface area contributed by atoms with Gasteiger partial charge in [-0.25, -0.2) is 29.1 Å². The molecule has 133 heavy (non-hydrogen) atoms. The molecule has 24 nitrogen and oxygen atoms in total. The summed E-state index contributed by atoms with van der Waals surface area (Å²) >= 11 is 36.9. The molecule has 0 amide bonds. The summed E-state index contributed by atoms with van der Waals surface area (Å²) in [6, 6.07) is 42.4. The van der Waals surface area contributed by atoms with Gasteiger partial charge in [-0.1, -0.05) is 101 Å². The van der Waals surface area contributed by atoms with Gasteiger partial charge in [0.2, 0.25) is 17.1 Å². The average molecular weight is 1900 g/mol. The molecule has 0 bridgehead atoms. The Morgan fingerprint density at radius 3 is 0.910 bits per heavy atom. The molecular formula is C97H82B6Cl6N6O18. The number of aryl methyl sites for hydroxylation is 10. The fourth-order valence-electron chi connectivity index (χ4n) is 15.3. The second-order valence-corrected chi connectivity index (χ2v) is 33.9. The van der Waals surface area contributed by atoms with E-state index in [1.807, 2.05) is 132 Å². The number of rotatable bonds is 12. The van der Waals surface area contributed by atoms with Crippen LogP contribution in [0.5, 0.6) is 69.0 Å². The van der Waals surface area contributed by atoms with Crippen molar-refractivity contribution in [2.75, 3.05) is 0 Å². The standard InChI is InChI=1S/6C16H13BClNO3.CH4/c1-9-5-16(13(18)7-14(9)19-3)22-15-6-11-8-21-17(20)12(11)4-10(15)2;1-9-5-13-11(8-21-17(13)20)6-15(9)22-12-4-10(2)16(19-3)14(18)7-12;1-9-5-15(13(18)7-14(9)19-3)22-12-4-10(2)16-11(6-12)8-21-17(16)20;1-9-4-12(6-11-8-21-17(20)15(9)11)22-13-5-10(2)16(19-3)14(18)7-13;1-9-6-16(13(18)7-14(9)19-3)22-15-5-4-12-11(10(15)2)8-21-17(12)20;1-9-6-11(7-14(18)16(9)19-3)22-15-5-4-13-12(10(15)2)8-21-17(13)20;/h6*4-7,20H,8H2,1-2H3;1H4. The molecule has 0 saturated carbocycles. The van der Waals surface area contributed by atoms with E-state index in [-0.39, 0.29) is 7.43 Å². The maximum Gasteiger partial charge on any atom is 0.492 e. The second kappa shape index (κ2) is 43.4. The van der Waals surface area contributed by atoms with Crippen molar-refractivity contribution in [2.45, 2.75) is 130 Å². The van der Waals surface area contributed by atoms with Crippen LogP contribution in [-0.2, 0) is 67.6 Å². The van der Waals surface area contributed by atoms with E-state index < -0.39 is 42.7 Å². The summed E-state index contributed by atoms with van der Waals surface area (Å²) in [4.78, 5) is 20.5. The first-order chi connectivity index (χ1) is 63.0. The lowest BCUT2D eigenvalue weighted by atomic mass is 9.76. The van der Waals surface area contributed by atoms with Crippen LogP contribution in [0.1, 0.15) is 108 Å². The van der Waals surface area contributed by atoms with Gasteiger partial charge in [-0.2, -0.15) is 0 Å². The lowest BCUT2D eigenvalue weighted by Gasteiger charge is -2.14. The fraction of sp³-hybridized carbons (Fsp3) is 0.196. The van der Waals surface area contributed by atoms with Gasteiger partial charge in [-0.15, -0.1) is 0 Å². The number of fused-ring (bicyclic) bond motifs is 6. The number of nitrogens with zero attached hydrogens (tertiary/aromatic N) is 6. The summed E-state index contributed by atoms with van der Waals surface area (Å²) < 4.78 is 66.6. The van der Waals surface area contributed by atoms with Gasteiger partial charge in [-0.3, -0.25) is 0 Å². The van der Waals surface area contributed by atoms with Crippen LogP contribution in [0, 0.1) is 123 Å². The minimum Gasteiger partial charge on any atom is -0.457 e. The first-order valence-electron chi connectivity index (χ1n) is 40.7. The molecule has 6 N–H and O–H groups in total. The predicted octanol–water partition coefficient (Wildman–Crippen LogP) is 21.7. The lowest BCUT2D eigenvalue weighted by Crippen LogP contribution is -2.30. The number of hydrogen-bond donors (Lipinski definition) is 6. The van der Waals surface area contributed by atoms with Crippen LogP contribution in [0.25, 0.3) is 29.1 Å². The molecule has 36 heteroatoms. The Kier molecular flexibility index (Phi) is 32.6. The first kappa shape index (κ1) is 100. The molecule has 18 rings (SSSR count). The minimum absolute atomic E-state index is 0. The van der Waals surface area contributed by atoms with E-state index in [1.165, 1.54) is 0 Å². The summed E-state index contributed by atoms with van der Waals surface area (Å²) in [6.45, 7) is 67.3. The quantitative estimate of drug-likeness (QED) is 0.0491. The third kappa shape index (κ3) is 22.6. The Labute approximate surface area is 803 Å². The summed E-state index contributed by atoms with van der Waals surface area (Å²) in [5, 5.41) is 60.7. The molecule has 0 radical (unpaired) electrons. The Hall–Kier alpha value is -12.0. The van der Waals surface area contributed by atoms with E-state index in [1.54, 1.807) is 97.1 Å². The normalized spacial score (nSPS) is 12.9. The molecule has 6 aliphatic heterocycles. The maximum absolute atomic E-state index is 9.77. The molecular weight excluding hydrogens is 1810 g/mol. The van der Waals surface area contributed by atoms with Crippen molar-refractivity contribution >= 4 is 179 Å². The maximum atomic E-state index is 9.77. The van der Waals surface area contributed by atoms with E-state index in [2.05, 4.69) is 29.1 Å². The molecule has 668 valence electrons. The topological polar surface area (TPSA) is 258 Å². The SMILES string of the molecule is C.[C-]#[N+]c1c(C)cc(Oc2cc(C)c3c(c2)COB3O)cc1Cl.[C-]#[N+]c1c(C)cc(Oc2cc3c(cc2C)B(O)OC3)cc1Cl.[C-]#[N+]c1c(C)cc(Oc2ccc3c(c2C)COB3O)cc1Cl.[C-]#[N+]c1cc(Cl)c(Oc2cc(C)c3c(c2)COB3O)cc1C.[C-]#[N+]c1cc(Cl)c(Oc2cc3c(cc2C)B(O)OC3)cc1C.[C-]#[N+]c1cc(Cl)c(Oc2ccc3c(c2C)COB3O)cc1C. The Bertz CT molecular complexity index is 6690. The van der Waals surface area contributed by atoms with Gasteiger partial charge in [0.25, 0.3) is 0 Å². The first-order valence-corrected chi connectivity index (χ1v) is 43.0. The Morgan fingerprint density at radius 2 is 0.541 bits per heavy atom. The summed E-state index contributed by atoms with van der Waals surface area (Å²) in [5.74, 6) is 7.23. The largest absolute Gasteiger partial charge is 0.492 e. The van der Waals surface area contributed by atoms with E-state index in [9.17, 15) is 30.1 Å². The van der Waals surface area contributed by atoms with Gasteiger partial charge in [0.05, 0.1) is 109 Å². The molecule has 0 atom stereocenters. The molecule has 6 aliphatic rings. The van der Waals surface area contributed by atoms with Gasteiger partial charge in [0.15, 0.2) is 17.1 Å². The van der Waals surface area contributed by atoms with Crippen LogP contribution in [0.2, 0.25) is 30.1 Å². The van der Waals surface area contributed by atoms with E-state index in [0.29, 0.717) is 173 Å². The van der Waals surface area contributed by atoms with Gasteiger partial charge in [0.1, 0.15) is 69.0 Å².